The molecule has 9 heteroatoms. The minimum absolute atomic E-state index is 0.0729. The number of ether oxygens (including phenoxy) is 1. The molecule has 8 nitrogen and oxygen atoms in total. The number of imide groups is 1. The normalized spacial score (nSPS) is 17.7. The first-order chi connectivity index (χ1) is 14.4. The summed E-state index contributed by atoms with van der Waals surface area (Å²) in [5.74, 6) is 0.0124. The van der Waals surface area contributed by atoms with Crippen LogP contribution in [0.2, 0.25) is 0 Å². The molecule has 0 saturated heterocycles. The summed E-state index contributed by atoms with van der Waals surface area (Å²) >= 11 is 0. The molecule has 0 aliphatic carbocycles. The molecule has 4 N–H and O–H groups in total. The van der Waals surface area contributed by atoms with Crippen LogP contribution in [-0.2, 0) is 16.0 Å². The number of hydrogen-bond acceptors (Lipinski definition) is 5. The Kier molecular flexibility index (Phi) is 9.10. The molecular weight excluding hydrogens is 393 g/mol. The van der Waals surface area contributed by atoms with Crippen molar-refractivity contribution in [2.75, 3.05) is 32.9 Å². The van der Waals surface area contributed by atoms with Crippen LogP contribution in [0, 0.1) is 5.82 Å². The number of hydrogen-bond donors (Lipinski definition) is 4. The highest BCUT2D eigenvalue weighted by Gasteiger charge is 2.46. The second-order valence-electron chi connectivity index (χ2n) is 6.89. The highest BCUT2D eigenvalue weighted by atomic mass is 19.1. The zero-order chi connectivity index (χ0) is 22.1. The minimum atomic E-state index is -0.486. The number of quaternary nitrogens is 1. The van der Waals surface area contributed by atoms with Crippen molar-refractivity contribution in [3.05, 3.63) is 47.0 Å². The first-order valence-corrected chi connectivity index (χ1v) is 10.1. The number of aryl methyl sites for hydroxylation is 1. The van der Waals surface area contributed by atoms with E-state index in [2.05, 4.69) is 4.99 Å². The fraction of sp³-hybridized carbons (Fsp3) is 0.476. The van der Waals surface area contributed by atoms with E-state index in [1.54, 1.807) is 19.1 Å². The van der Waals surface area contributed by atoms with Gasteiger partial charge < -0.3 is 14.9 Å². The van der Waals surface area contributed by atoms with Crippen LogP contribution in [0.25, 0.3) is 0 Å². The Bertz CT molecular complexity index is 807. The van der Waals surface area contributed by atoms with Crippen LogP contribution in [0.4, 0.5) is 9.18 Å². The van der Waals surface area contributed by atoms with E-state index < -0.39 is 11.9 Å². The third-order valence-electron chi connectivity index (χ3n) is 4.75. The van der Waals surface area contributed by atoms with Gasteiger partial charge in [-0.05, 0) is 43.9 Å². The van der Waals surface area contributed by atoms with Crippen LogP contribution < -0.4 is 9.89 Å². The number of nitrogens with zero attached hydrogens (tertiary/aromatic N) is 1. The number of benzene rings is 1. The van der Waals surface area contributed by atoms with Gasteiger partial charge in [-0.25, -0.2) is 14.1 Å². The molecule has 0 fully saturated rings. The summed E-state index contributed by atoms with van der Waals surface area (Å²) in [5.41, 5.74) is 1.24. The van der Waals surface area contributed by atoms with Crippen molar-refractivity contribution < 1.29 is 38.8 Å². The van der Waals surface area contributed by atoms with E-state index in [9.17, 15) is 19.1 Å². The number of carbonyl (C=O) groups is 2. The molecule has 1 heterocycles. The summed E-state index contributed by atoms with van der Waals surface area (Å²) in [4.78, 5) is 30.5. The second-order valence-corrected chi connectivity index (χ2v) is 6.89. The molecule has 1 aliphatic heterocycles. The van der Waals surface area contributed by atoms with E-state index in [0.717, 1.165) is 10.5 Å². The minimum Gasteiger partial charge on any atom is -0.448 e. The molecular formula is C21H30FN3O5+2. The molecule has 1 aromatic carbocycles. The average molecular weight is 423 g/mol. The number of aliphatic hydroxyl groups is 2. The van der Waals surface area contributed by atoms with Crippen molar-refractivity contribution in [2.24, 2.45) is 0 Å². The Morgan fingerprint density at radius 2 is 1.87 bits per heavy atom. The summed E-state index contributed by atoms with van der Waals surface area (Å²) in [6.45, 7) is 3.68. The van der Waals surface area contributed by atoms with Gasteiger partial charge in [-0.15, -0.1) is 4.99 Å². The van der Waals surface area contributed by atoms with Crippen molar-refractivity contribution in [3.63, 3.8) is 0 Å². The van der Waals surface area contributed by atoms with Gasteiger partial charge in [-0.1, -0.05) is 12.1 Å². The topological polar surface area (TPSA) is 105 Å². The van der Waals surface area contributed by atoms with Crippen LogP contribution in [0.15, 0.2) is 35.7 Å². The van der Waals surface area contributed by atoms with Crippen LogP contribution >= 0.6 is 0 Å². The Labute approximate surface area is 175 Å². The van der Waals surface area contributed by atoms with Gasteiger partial charge in [-0.3, -0.25) is 4.79 Å². The van der Waals surface area contributed by atoms with Gasteiger partial charge in [0.15, 0.2) is 0 Å². The number of rotatable bonds is 10. The van der Waals surface area contributed by atoms with E-state index >= 15 is 0 Å². The van der Waals surface area contributed by atoms with Crippen LogP contribution in [0.1, 0.15) is 32.3 Å². The van der Waals surface area contributed by atoms with E-state index in [-0.39, 0.29) is 38.5 Å². The van der Waals surface area contributed by atoms with Crippen molar-refractivity contribution in [1.82, 2.24) is 4.90 Å². The lowest BCUT2D eigenvalue weighted by atomic mass is 10.0. The Hall–Kier alpha value is -2.62. The van der Waals surface area contributed by atoms with Crippen LogP contribution in [0.5, 0.6) is 0 Å². The molecule has 30 heavy (non-hydrogen) atoms. The predicted molar refractivity (Wildman–Crippen MR) is 107 cm³/mol. The summed E-state index contributed by atoms with van der Waals surface area (Å²) in [7, 11) is 0. The van der Waals surface area contributed by atoms with Gasteiger partial charge in [0, 0.05) is 13.2 Å². The summed E-state index contributed by atoms with van der Waals surface area (Å²) in [5, 5.41) is 18.6. The van der Waals surface area contributed by atoms with Crippen molar-refractivity contribution in [2.45, 2.75) is 33.1 Å². The molecule has 2 rings (SSSR count). The smallest absolute Gasteiger partial charge is 0.434 e. The lowest BCUT2D eigenvalue weighted by molar-refractivity contribution is -0.851. The zero-order valence-electron chi connectivity index (χ0n) is 17.4. The molecule has 3 amide bonds. The zero-order valence-corrected chi connectivity index (χ0v) is 17.4. The quantitative estimate of drug-likeness (QED) is 0.277. The highest BCUT2D eigenvalue weighted by Crippen LogP contribution is 2.16. The SMILES string of the molecule is CCO/C(C)=[NH+]/C1=C(CCc2ccc(F)cc2)C(=O)N(CCCO)C(=O)[NH+]1CCO. The summed E-state index contributed by atoms with van der Waals surface area (Å²) in [6.07, 6.45) is 1.04. The van der Waals surface area contributed by atoms with Crippen molar-refractivity contribution in [3.8, 4) is 0 Å². The molecule has 1 unspecified atom stereocenters. The Morgan fingerprint density at radius 3 is 2.47 bits per heavy atom. The molecule has 1 aromatic rings. The number of nitrogens with one attached hydrogen (secondary N) is 2. The van der Waals surface area contributed by atoms with Gasteiger partial charge in [0.25, 0.3) is 5.91 Å². The second kappa shape index (κ2) is 11.5. The van der Waals surface area contributed by atoms with E-state index in [1.807, 2.05) is 6.92 Å². The largest absolute Gasteiger partial charge is 0.448 e. The number of halogens is 1. The summed E-state index contributed by atoms with van der Waals surface area (Å²) < 4.78 is 18.6. The van der Waals surface area contributed by atoms with Gasteiger partial charge >= 0.3 is 17.7 Å². The lowest BCUT2D eigenvalue weighted by Crippen LogP contribution is -3.22. The third kappa shape index (κ3) is 5.94. The van der Waals surface area contributed by atoms with E-state index in [4.69, 9.17) is 9.84 Å². The molecule has 164 valence electrons. The molecule has 0 spiro atoms. The average Bonchev–Trinajstić information content (AvgIpc) is 2.72. The summed E-state index contributed by atoms with van der Waals surface area (Å²) in [6, 6.07) is 5.54. The molecule has 1 atom stereocenters. The highest BCUT2D eigenvalue weighted by molar-refractivity contribution is 6.03. The molecule has 0 aromatic heterocycles. The van der Waals surface area contributed by atoms with Gasteiger partial charge in [-0.2, -0.15) is 4.90 Å². The van der Waals surface area contributed by atoms with Gasteiger partial charge in [0.2, 0.25) is 0 Å². The first-order valence-electron chi connectivity index (χ1n) is 10.1. The number of carbonyl (C=O) groups excluding carboxylic acids is 2. The van der Waals surface area contributed by atoms with E-state index in [1.165, 1.54) is 12.1 Å². The Balaban J connectivity index is 2.46. The third-order valence-corrected chi connectivity index (χ3v) is 4.75. The maximum atomic E-state index is 13.2. The standard InChI is InChI=1S/C21H28FN3O5/c1-3-30-15(2)23-19-18(10-7-16-5-8-17(22)9-6-16)20(28)25(11-4-13-26)21(29)24(19)12-14-27/h5-6,8-9,26-27H,3-4,7,10-14H2,1-2H3/p+2/b23-15+. The molecule has 0 bridgehead atoms. The monoisotopic (exact) mass is 423 g/mol. The Morgan fingerprint density at radius 1 is 1.17 bits per heavy atom. The van der Waals surface area contributed by atoms with Gasteiger partial charge in [0.1, 0.15) is 17.9 Å². The van der Waals surface area contributed by atoms with Crippen molar-refractivity contribution >= 4 is 17.8 Å². The molecule has 1 aliphatic rings. The number of aliphatic hydroxyl groups excluding tert-OH is 2. The van der Waals surface area contributed by atoms with Crippen LogP contribution in [0.3, 0.4) is 0 Å². The first kappa shape index (κ1) is 23.7. The lowest BCUT2D eigenvalue weighted by Gasteiger charge is -2.28. The maximum absolute atomic E-state index is 13.2. The molecule has 0 saturated carbocycles. The maximum Gasteiger partial charge on any atom is 0.434 e. The van der Waals surface area contributed by atoms with Gasteiger partial charge in [0.05, 0.1) is 20.1 Å². The fourth-order valence-corrected chi connectivity index (χ4v) is 3.32. The van der Waals surface area contributed by atoms with Crippen LogP contribution in [-0.4, -0.2) is 65.9 Å². The van der Waals surface area contributed by atoms with E-state index in [0.29, 0.717) is 41.6 Å². The van der Waals surface area contributed by atoms with Crippen molar-refractivity contribution in [1.29, 1.82) is 0 Å². The molecule has 0 radical (unpaired) electrons. The fourth-order valence-electron chi connectivity index (χ4n) is 3.32. The number of urea groups is 1. The number of amides is 3. The predicted octanol–water partition coefficient (Wildman–Crippen LogP) is -1.27.